The Hall–Kier alpha value is -8.36. The number of hydrogen-bond acceptors (Lipinski definition) is 20. The lowest BCUT2D eigenvalue weighted by Gasteiger charge is -2.40. The molecule has 20 nitrogen and oxygen atoms in total. The molecule has 100 heavy (non-hydrogen) atoms. The number of fused-ring (bicyclic) bond motifs is 9. The zero-order valence-corrected chi connectivity index (χ0v) is 62.0. The Morgan fingerprint density at radius 2 is 1.06 bits per heavy atom. The van der Waals surface area contributed by atoms with Crippen LogP contribution in [-0.2, 0) is 36.8 Å². The average Bonchev–Trinajstić information content (AvgIpc) is 1.53. The second-order valence-corrected chi connectivity index (χ2v) is 28.9. The second kappa shape index (κ2) is 32.5. The van der Waals surface area contributed by atoms with Crippen molar-refractivity contribution in [1.82, 2.24) is 59.6 Å². The number of pyridine rings is 3. The van der Waals surface area contributed by atoms with E-state index in [4.69, 9.17) is 79.5 Å². The van der Waals surface area contributed by atoms with Crippen molar-refractivity contribution in [1.29, 1.82) is 0 Å². The van der Waals surface area contributed by atoms with Gasteiger partial charge in [0.1, 0.15) is 0 Å². The molecular formula is C75H85Cl2N19OS3. The molecule has 5 aliphatic heterocycles. The molecule has 2 fully saturated rings. The fourth-order valence-corrected chi connectivity index (χ4v) is 14.3. The molecule has 0 amide bonds. The van der Waals surface area contributed by atoms with E-state index in [1.807, 2.05) is 87.4 Å². The van der Waals surface area contributed by atoms with Crippen LogP contribution in [0.2, 0.25) is 10.0 Å². The number of anilines is 10. The van der Waals surface area contributed by atoms with Gasteiger partial charge in [0.25, 0.3) is 0 Å². The molecule has 11 heterocycles. The maximum Gasteiger partial charge on any atom is 0.227 e. The Morgan fingerprint density at radius 1 is 0.560 bits per heavy atom. The van der Waals surface area contributed by atoms with Crippen LogP contribution >= 0.6 is 59.9 Å². The quantitative estimate of drug-likeness (QED) is 0.0392. The molecule has 0 unspecified atom stereocenters. The van der Waals surface area contributed by atoms with E-state index in [0.717, 1.165) is 183 Å². The SMILES string of the molecule is CCN1CCN(c2cncc(Nc3ncc4c(n3)-c3ccc(Cl)cc3NC(=S)C4)c2)C[C@@H]1C.Cc1ccc2c(c1)NC(=S)Cc1cnc(Nc3cc(CCCCN(C)C)cnc3C)nc1-2.Cc1ncc(CCN2C[C@@H](C)O[C@H](C)C2)cc1Nc1ncc2c(n1)-c1ccc(Cl)cc1NC(=S)C2. The lowest BCUT2D eigenvalue weighted by Crippen LogP contribution is -2.51. The number of unbranched alkanes of at least 4 members (excludes halogenated alkanes) is 1. The van der Waals surface area contributed by atoms with Crippen molar-refractivity contribution in [2.24, 2.45) is 0 Å². The van der Waals surface area contributed by atoms with E-state index >= 15 is 0 Å². The number of likely N-dealkylation sites (N-methyl/N-ethyl adjacent to an activating group) is 1. The summed E-state index contributed by atoms with van der Waals surface area (Å²) < 4.78 is 5.86. The van der Waals surface area contributed by atoms with Gasteiger partial charge < -0.3 is 46.4 Å². The maximum absolute atomic E-state index is 6.22. The summed E-state index contributed by atoms with van der Waals surface area (Å²) in [7, 11) is 4.22. The van der Waals surface area contributed by atoms with Gasteiger partial charge in [-0.25, -0.2) is 29.9 Å². The summed E-state index contributed by atoms with van der Waals surface area (Å²) in [5, 5.41) is 21.3. The maximum atomic E-state index is 6.22. The van der Waals surface area contributed by atoms with Gasteiger partial charge in [0.05, 0.1) is 90.8 Å². The number of nitrogens with one attached hydrogen (secondary N) is 6. The predicted octanol–water partition coefficient (Wildman–Crippen LogP) is 15.0. The van der Waals surface area contributed by atoms with Crippen LogP contribution in [0.3, 0.4) is 0 Å². The summed E-state index contributed by atoms with van der Waals surface area (Å²) in [5.41, 5.74) is 20.5. The van der Waals surface area contributed by atoms with Crippen molar-refractivity contribution in [2.75, 3.05) is 103 Å². The van der Waals surface area contributed by atoms with E-state index in [1.165, 1.54) is 23.1 Å². The van der Waals surface area contributed by atoms with Crippen LogP contribution in [0.5, 0.6) is 0 Å². The normalized spacial score (nSPS) is 17.1. The average molecular weight is 1440 g/mol. The minimum Gasteiger partial charge on any atom is -0.373 e. The van der Waals surface area contributed by atoms with Crippen molar-refractivity contribution >= 4 is 132 Å². The Kier molecular flexibility index (Phi) is 23.2. The van der Waals surface area contributed by atoms with Crippen molar-refractivity contribution in [3.05, 3.63) is 171 Å². The number of ether oxygens (including phenoxy) is 1. The first-order chi connectivity index (χ1) is 48.2. The smallest absolute Gasteiger partial charge is 0.227 e. The number of rotatable bonds is 16. The molecule has 0 bridgehead atoms. The number of aryl methyl sites for hydroxylation is 4. The molecule has 6 N–H and O–H groups in total. The molecule has 0 radical (unpaired) electrons. The highest BCUT2D eigenvalue weighted by atomic mass is 35.5. The lowest BCUT2D eigenvalue weighted by molar-refractivity contribution is -0.0675. The molecule has 25 heteroatoms. The fraction of sp³-hybridized carbons (Fsp3) is 0.360. The van der Waals surface area contributed by atoms with Crippen molar-refractivity contribution in [3.8, 4) is 33.8 Å². The van der Waals surface area contributed by atoms with E-state index in [-0.39, 0.29) is 12.2 Å². The topological polar surface area (TPSA) is 210 Å². The van der Waals surface area contributed by atoms with Gasteiger partial charge in [-0.15, -0.1) is 0 Å². The Morgan fingerprint density at radius 3 is 1.57 bits per heavy atom. The molecule has 9 aromatic rings. The van der Waals surface area contributed by atoms with E-state index in [2.05, 4.69) is 167 Å². The van der Waals surface area contributed by atoms with Gasteiger partial charge in [0.15, 0.2) is 0 Å². The third kappa shape index (κ3) is 18.2. The number of halogens is 2. The van der Waals surface area contributed by atoms with E-state index in [0.29, 0.717) is 58.2 Å². The predicted molar refractivity (Wildman–Crippen MR) is 420 cm³/mol. The van der Waals surface area contributed by atoms with Crippen molar-refractivity contribution < 1.29 is 4.74 Å². The molecule has 518 valence electrons. The molecule has 3 atom stereocenters. The van der Waals surface area contributed by atoms with Gasteiger partial charge >= 0.3 is 0 Å². The Bertz CT molecular complexity index is 4490. The third-order valence-corrected chi connectivity index (χ3v) is 19.4. The van der Waals surface area contributed by atoms with Crippen LogP contribution in [0.4, 0.5) is 57.7 Å². The number of nitrogens with zero attached hydrogens (tertiary/aromatic N) is 13. The number of thiocarbonyl (C=S) groups is 3. The summed E-state index contributed by atoms with van der Waals surface area (Å²) >= 11 is 28.9. The number of aromatic nitrogens is 9. The molecule has 3 aromatic carbocycles. The van der Waals surface area contributed by atoms with Crippen LogP contribution in [-0.4, -0.2) is 159 Å². The minimum atomic E-state index is 0.267. The van der Waals surface area contributed by atoms with Crippen LogP contribution in [0.15, 0.2) is 116 Å². The second-order valence-electron chi connectivity index (χ2n) is 26.5. The van der Waals surface area contributed by atoms with Gasteiger partial charge in [-0.05, 0) is 172 Å². The lowest BCUT2D eigenvalue weighted by atomic mass is 10.0. The Labute approximate surface area is 612 Å². The van der Waals surface area contributed by atoms with E-state index in [1.54, 1.807) is 6.20 Å². The first-order valence-corrected chi connectivity index (χ1v) is 36.1. The molecule has 5 aliphatic rings. The Balaban J connectivity index is 0.000000142. The first kappa shape index (κ1) is 71.5. The molecular weight excluding hydrogens is 1350 g/mol. The number of hydrogen-bond donors (Lipinski definition) is 6. The summed E-state index contributed by atoms with van der Waals surface area (Å²) in [6.07, 6.45) is 19.8. The zero-order valence-electron chi connectivity index (χ0n) is 58.0. The summed E-state index contributed by atoms with van der Waals surface area (Å²) in [4.78, 5) is 53.7. The largest absolute Gasteiger partial charge is 0.373 e. The minimum absolute atomic E-state index is 0.267. The van der Waals surface area contributed by atoms with Crippen molar-refractivity contribution in [2.45, 2.75) is 112 Å². The third-order valence-electron chi connectivity index (χ3n) is 18.2. The molecule has 0 spiro atoms. The van der Waals surface area contributed by atoms with Gasteiger partial charge in [-0.1, -0.05) is 78.9 Å². The number of piperazine rings is 1. The molecule has 2 saturated heterocycles. The van der Waals surface area contributed by atoms with Crippen LogP contribution in [0, 0.1) is 20.8 Å². The highest BCUT2D eigenvalue weighted by Gasteiger charge is 2.27. The first-order valence-electron chi connectivity index (χ1n) is 34.1. The van der Waals surface area contributed by atoms with E-state index in [9.17, 15) is 0 Å². The van der Waals surface area contributed by atoms with E-state index < -0.39 is 0 Å². The zero-order chi connectivity index (χ0) is 70.1. The fourth-order valence-electron chi connectivity index (χ4n) is 13.1. The molecule has 0 aliphatic carbocycles. The van der Waals surface area contributed by atoms with Crippen LogP contribution in [0.1, 0.15) is 85.3 Å². The summed E-state index contributed by atoms with van der Waals surface area (Å²) in [6, 6.07) is 24.7. The van der Waals surface area contributed by atoms with Gasteiger partial charge in [-0.2, -0.15) is 0 Å². The standard InChI is InChI=1S/C26H29ClN6OS.C25H30N6S.C24H26ClN7S/c1-15-13-33(14-16(2)34-15)7-6-18-8-22(17(3)28-11-18)31-26-29-12-19-9-24(35)30-23-10-20(27)4-5-21(23)25(19)32-26;1-16-8-9-20-22(11-16)28-23(32)13-19-15-27-25(30-24(19)20)29-21-12-18(14-26-17(21)2)7-5-6-10-31(3)4;1-3-31-6-7-32(14-15(31)2)19-10-18(12-26-13-19)28-24-27-11-16-8-22(33)29-21-9-17(25)4-5-20(21)23(16)30-24/h4-5,8,10-12,15-16H,6-7,9,13-14H2,1-3H3,(H,30,35)(H,29,31,32);8-9,11-12,14-15H,5-7,10,13H2,1-4H3,(H,28,32)(H,27,29,30);4-5,9-13,15H,3,6-8,14H2,1-2H3,(H,29,33)(H,27,28,30)/t15-,16-;;15-/m1.0/s1. The molecule has 6 aromatic heterocycles. The van der Waals surface area contributed by atoms with Crippen molar-refractivity contribution in [3.63, 3.8) is 0 Å². The van der Waals surface area contributed by atoms with Gasteiger partial charge in [0.2, 0.25) is 17.8 Å². The van der Waals surface area contributed by atoms with Crippen LogP contribution < -0.4 is 36.8 Å². The highest BCUT2D eigenvalue weighted by Crippen LogP contribution is 2.39. The number of morpholine rings is 1. The van der Waals surface area contributed by atoms with Gasteiger partial charge in [0, 0.05) is 156 Å². The van der Waals surface area contributed by atoms with Gasteiger partial charge in [-0.3, -0.25) is 24.8 Å². The summed E-state index contributed by atoms with van der Waals surface area (Å²) in [5.74, 6) is 1.61. The molecule has 14 rings (SSSR count). The summed E-state index contributed by atoms with van der Waals surface area (Å²) in [6.45, 7) is 23.0. The molecule has 0 saturated carbocycles. The monoisotopic (exact) mass is 1430 g/mol. The number of benzene rings is 3. The van der Waals surface area contributed by atoms with Crippen LogP contribution in [0.25, 0.3) is 33.8 Å². The highest BCUT2D eigenvalue weighted by molar-refractivity contribution is 7.81.